The van der Waals surface area contributed by atoms with Gasteiger partial charge in [-0.25, -0.2) is 0 Å². The van der Waals surface area contributed by atoms with Gasteiger partial charge in [0, 0.05) is 5.92 Å². The third-order valence-corrected chi connectivity index (χ3v) is 3.46. The van der Waals surface area contributed by atoms with Crippen LogP contribution in [0.15, 0.2) is 18.2 Å². The summed E-state index contributed by atoms with van der Waals surface area (Å²) in [5, 5.41) is 9.54. The number of rotatable bonds is 4. The molecular weight excluding hydrogens is 224 g/mol. The smallest absolute Gasteiger partial charge is 0.122 e. The summed E-state index contributed by atoms with van der Waals surface area (Å²) >= 11 is 0. The van der Waals surface area contributed by atoms with Crippen LogP contribution in [0.1, 0.15) is 51.7 Å². The van der Waals surface area contributed by atoms with Crippen molar-refractivity contribution in [2.45, 2.75) is 46.0 Å². The van der Waals surface area contributed by atoms with Gasteiger partial charge in [-0.15, -0.1) is 0 Å². The summed E-state index contributed by atoms with van der Waals surface area (Å²) in [4.78, 5) is 0. The topological polar surface area (TPSA) is 29.5 Å². The summed E-state index contributed by atoms with van der Waals surface area (Å²) < 4.78 is 5.44. The monoisotopic (exact) mass is 250 g/mol. The van der Waals surface area contributed by atoms with E-state index >= 15 is 0 Å². The molecule has 0 spiro atoms. The van der Waals surface area contributed by atoms with Crippen LogP contribution in [-0.2, 0) is 5.41 Å². The quantitative estimate of drug-likeness (QED) is 0.882. The van der Waals surface area contributed by atoms with E-state index in [0.717, 1.165) is 5.75 Å². The molecule has 0 radical (unpaired) electrons. The van der Waals surface area contributed by atoms with Gasteiger partial charge in [-0.3, -0.25) is 0 Å². The molecule has 0 aliphatic heterocycles. The molecule has 18 heavy (non-hydrogen) atoms. The summed E-state index contributed by atoms with van der Waals surface area (Å²) in [6.45, 7) is 11.0. The first-order chi connectivity index (χ1) is 8.31. The molecule has 0 bridgehead atoms. The van der Waals surface area contributed by atoms with E-state index < -0.39 is 0 Å². The van der Waals surface area contributed by atoms with E-state index in [1.54, 1.807) is 7.11 Å². The Morgan fingerprint density at radius 2 is 1.83 bits per heavy atom. The third-order valence-electron chi connectivity index (χ3n) is 3.46. The van der Waals surface area contributed by atoms with E-state index in [2.05, 4.69) is 46.8 Å². The number of benzene rings is 1. The average Bonchev–Trinajstić information content (AvgIpc) is 2.28. The van der Waals surface area contributed by atoms with Crippen molar-refractivity contribution < 1.29 is 9.84 Å². The number of hydrogen-bond donors (Lipinski definition) is 1. The van der Waals surface area contributed by atoms with Crippen molar-refractivity contribution in [3.05, 3.63) is 29.3 Å². The van der Waals surface area contributed by atoms with Crippen LogP contribution in [0.3, 0.4) is 0 Å². The Labute approximate surface area is 111 Å². The predicted octanol–water partition coefficient (Wildman–Crippen LogP) is 3.72. The molecule has 2 heteroatoms. The molecule has 0 aliphatic carbocycles. The first kappa shape index (κ1) is 15.0. The molecule has 1 unspecified atom stereocenters. The standard InChI is InChI=1S/C16H26O2/c1-11(2)13(10-17)12-7-8-15(18-6)14(9-12)16(3,4)5/h7-9,11,13,17H,10H2,1-6H3. The Bertz CT molecular complexity index is 389. The van der Waals surface area contributed by atoms with E-state index in [9.17, 15) is 5.11 Å². The minimum absolute atomic E-state index is 0.0400. The van der Waals surface area contributed by atoms with Crippen molar-refractivity contribution in [3.63, 3.8) is 0 Å². The van der Waals surface area contributed by atoms with E-state index in [1.807, 2.05) is 6.07 Å². The van der Waals surface area contributed by atoms with Crippen molar-refractivity contribution in [2.24, 2.45) is 5.92 Å². The number of ether oxygens (including phenoxy) is 1. The fourth-order valence-corrected chi connectivity index (χ4v) is 2.24. The van der Waals surface area contributed by atoms with Gasteiger partial charge < -0.3 is 9.84 Å². The van der Waals surface area contributed by atoms with Crippen LogP contribution in [-0.4, -0.2) is 18.8 Å². The number of aliphatic hydroxyl groups is 1. The predicted molar refractivity (Wildman–Crippen MR) is 76.4 cm³/mol. The summed E-state index contributed by atoms with van der Waals surface area (Å²) in [6.07, 6.45) is 0. The minimum atomic E-state index is 0.0400. The van der Waals surface area contributed by atoms with Crippen LogP contribution < -0.4 is 4.74 Å². The van der Waals surface area contributed by atoms with Gasteiger partial charge in [0.2, 0.25) is 0 Å². The highest BCUT2D eigenvalue weighted by molar-refractivity contribution is 5.42. The van der Waals surface area contributed by atoms with Gasteiger partial charge in [-0.1, -0.05) is 46.8 Å². The van der Waals surface area contributed by atoms with Gasteiger partial charge in [-0.05, 0) is 28.5 Å². The largest absolute Gasteiger partial charge is 0.496 e. The molecular formula is C16H26O2. The lowest BCUT2D eigenvalue weighted by atomic mass is 9.81. The lowest BCUT2D eigenvalue weighted by molar-refractivity contribution is 0.237. The van der Waals surface area contributed by atoms with Gasteiger partial charge in [-0.2, -0.15) is 0 Å². The lowest BCUT2D eigenvalue weighted by Gasteiger charge is -2.26. The fraction of sp³-hybridized carbons (Fsp3) is 0.625. The molecule has 1 rings (SSSR count). The maximum Gasteiger partial charge on any atom is 0.122 e. The molecule has 0 aliphatic rings. The SMILES string of the molecule is COc1ccc(C(CO)C(C)C)cc1C(C)(C)C. The Balaban J connectivity index is 3.26. The second kappa shape index (κ2) is 5.75. The normalized spacial score (nSPS) is 13.8. The number of hydrogen-bond acceptors (Lipinski definition) is 2. The molecule has 2 nitrogen and oxygen atoms in total. The van der Waals surface area contributed by atoms with Gasteiger partial charge in [0.15, 0.2) is 0 Å². The molecule has 1 aromatic carbocycles. The maximum atomic E-state index is 9.54. The van der Waals surface area contributed by atoms with Crippen LogP contribution in [0.2, 0.25) is 0 Å². The molecule has 0 saturated carbocycles. The second-order valence-electron chi connectivity index (χ2n) is 6.24. The van der Waals surface area contributed by atoms with E-state index in [0.29, 0.717) is 5.92 Å². The molecule has 1 aromatic rings. The Kier molecular flexibility index (Phi) is 4.80. The number of methoxy groups -OCH3 is 1. The summed E-state index contributed by atoms with van der Waals surface area (Å²) in [7, 11) is 1.70. The third kappa shape index (κ3) is 3.26. The highest BCUT2D eigenvalue weighted by atomic mass is 16.5. The molecule has 0 heterocycles. The Morgan fingerprint density at radius 3 is 2.22 bits per heavy atom. The van der Waals surface area contributed by atoms with Crippen LogP contribution in [0, 0.1) is 5.92 Å². The van der Waals surface area contributed by atoms with Crippen LogP contribution >= 0.6 is 0 Å². The molecule has 0 fully saturated rings. The first-order valence-electron chi connectivity index (χ1n) is 6.60. The van der Waals surface area contributed by atoms with Crippen molar-refractivity contribution in [1.82, 2.24) is 0 Å². The summed E-state index contributed by atoms with van der Waals surface area (Å²) in [6, 6.07) is 6.26. The number of aliphatic hydroxyl groups excluding tert-OH is 1. The fourth-order valence-electron chi connectivity index (χ4n) is 2.24. The van der Waals surface area contributed by atoms with Crippen molar-refractivity contribution in [3.8, 4) is 5.75 Å². The lowest BCUT2D eigenvalue weighted by Crippen LogP contribution is -2.16. The van der Waals surface area contributed by atoms with Gasteiger partial charge in [0.05, 0.1) is 13.7 Å². The van der Waals surface area contributed by atoms with Gasteiger partial charge in [0.25, 0.3) is 0 Å². The Hall–Kier alpha value is -1.02. The van der Waals surface area contributed by atoms with Crippen molar-refractivity contribution >= 4 is 0 Å². The molecule has 0 amide bonds. The van der Waals surface area contributed by atoms with Crippen LogP contribution in [0.25, 0.3) is 0 Å². The van der Waals surface area contributed by atoms with E-state index in [-0.39, 0.29) is 17.9 Å². The molecule has 1 N–H and O–H groups in total. The van der Waals surface area contributed by atoms with Crippen LogP contribution in [0.4, 0.5) is 0 Å². The molecule has 0 saturated heterocycles. The molecule has 102 valence electrons. The zero-order chi connectivity index (χ0) is 13.9. The minimum Gasteiger partial charge on any atom is -0.496 e. The zero-order valence-corrected chi connectivity index (χ0v) is 12.4. The second-order valence-corrected chi connectivity index (χ2v) is 6.24. The molecule has 0 aromatic heterocycles. The highest BCUT2D eigenvalue weighted by Crippen LogP contribution is 2.35. The molecule has 1 atom stereocenters. The van der Waals surface area contributed by atoms with Crippen molar-refractivity contribution in [2.75, 3.05) is 13.7 Å². The van der Waals surface area contributed by atoms with Gasteiger partial charge >= 0.3 is 0 Å². The Morgan fingerprint density at radius 1 is 1.22 bits per heavy atom. The van der Waals surface area contributed by atoms with Crippen LogP contribution in [0.5, 0.6) is 5.75 Å². The van der Waals surface area contributed by atoms with E-state index in [4.69, 9.17) is 4.74 Å². The van der Waals surface area contributed by atoms with Crippen molar-refractivity contribution in [1.29, 1.82) is 0 Å². The summed E-state index contributed by atoms with van der Waals surface area (Å²) in [5.41, 5.74) is 2.43. The summed E-state index contributed by atoms with van der Waals surface area (Å²) in [5.74, 6) is 1.54. The highest BCUT2D eigenvalue weighted by Gasteiger charge is 2.22. The van der Waals surface area contributed by atoms with E-state index in [1.165, 1.54) is 11.1 Å². The first-order valence-corrected chi connectivity index (χ1v) is 6.60. The zero-order valence-electron chi connectivity index (χ0n) is 12.4. The average molecular weight is 250 g/mol. The maximum absolute atomic E-state index is 9.54. The van der Waals surface area contributed by atoms with Gasteiger partial charge in [0.1, 0.15) is 5.75 Å².